The summed E-state index contributed by atoms with van der Waals surface area (Å²) in [6.07, 6.45) is 2.22. The first kappa shape index (κ1) is 15.6. The van der Waals surface area contributed by atoms with E-state index in [0.717, 1.165) is 58.7 Å². The van der Waals surface area contributed by atoms with E-state index in [4.69, 9.17) is 9.97 Å². The summed E-state index contributed by atoms with van der Waals surface area (Å²) < 4.78 is 2.08. The SMILES string of the molecule is O=C(CSc1nc2ccccc2c2nc3ccccc3n12)N1CCCC1. The summed E-state index contributed by atoms with van der Waals surface area (Å²) in [4.78, 5) is 24.1. The Balaban J connectivity index is 1.63. The van der Waals surface area contributed by atoms with E-state index in [0.29, 0.717) is 5.75 Å². The zero-order valence-corrected chi connectivity index (χ0v) is 15.1. The summed E-state index contributed by atoms with van der Waals surface area (Å²) in [5.41, 5.74) is 3.77. The molecule has 3 heterocycles. The molecule has 26 heavy (non-hydrogen) atoms. The van der Waals surface area contributed by atoms with Crippen LogP contribution in [0.2, 0.25) is 0 Å². The summed E-state index contributed by atoms with van der Waals surface area (Å²) in [7, 11) is 0. The first-order valence-electron chi connectivity index (χ1n) is 8.88. The zero-order valence-electron chi connectivity index (χ0n) is 14.3. The van der Waals surface area contributed by atoms with Crippen molar-refractivity contribution in [3.63, 3.8) is 0 Å². The number of hydrogen-bond acceptors (Lipinski definition) is 4. The van der Waals surface area contributed by atoms with Gasteiger partial charge in [-0.1, -0.05) is 36.0 Å². The van der Waals surface area contributed by atoms with Crippen LogP contribution in [0.4, 0.5) is 0 Å². The van der Waals surface area contributed by atoms with Crippen LogP contribution in [0.25, 0.3) is 27.6 Å². The van der Waals surface area contributed by atoms with Gasteiger partial charge in [-0.25, -0.2) is 9.97 Å². The molecular formula is C20H18N4OS. The number of aromatic nitrogens is 3. The molecule has 1 amide bonds. The lowest BCUT2D eigenvalue weighted by molar-refractivity contribution is -0.127. The molecule has 0 N–H and O–H groups in total. The maximum Gasteiger partial charge on any atom is 0.233 e. The van der Waals surface area contributed by atoms with Crippen molar-refractivity contribution in [1.29, 1.82) is 0 Å². The van der Waals surface area contributed by atoms with Gasteiger partial charge in [0.1, 0.15) is 5.65 Å². The Labute approximate surface area is 155 Å². The second-order valence-corrected chi connectivity index (χ2v) is 7.49. The molecule has 0 radical (unpaired) electrons. The van der Waals surface area contributed by atoms with Crippen LogP contribution in [-0.4, -0.2) is 44.0 Å². The Kier molecular flexibility index (Phi) is 3.78. The van der Waals surface area contributed by atoms with E-state index < -0.39 is 0 Å². The smallest absolute Gasteiger partial charge is 0.233 e. The minimum absolute atomic E-state index is 0.194. The molecule has 1 saturated heterocycles. The van der Waals surface area contributed by atoms with Crippen molar-refractivity contribution < 1.29 is 4.79 Å². The monoisotopic (exact) mass is 362 g/mol. The van der Waals surface area contributed by atoms with Gasteiger partial charge in [0.05, 0.1) is 22.3 Å². The van der Waals surface area contributed by atoms with Crippen LogP contribution >= 0.6 is 11.8 Å². The number of amides is 1. The number of likely N-dealkylation sites (tertiary alicyclic amines) is 1. The fourth-order valence-electron chi connectivity index (χ4n) is 3.59. The topological polar surface area (TPSA) is 50.5 Å². The zero-order chi connectivity index (χ0) is 17.5. The van der Waals surface area contributed by atoms with Crippen LogP contribution in [0.1, 0.15) is 12.8 Å². The average Bonchev–Trinajstić information content (AvgIpc) is 3.34. The first-order chi connectivity index (χ1) is 12.8. The van der Waals surface area contributed by atoms with Crippen molar-refractivity contribution in [2.45, 2.75) is 18.0 Å². The molecule has 5 nitrogen and oxygen atoms in total. The molecule has 0 unspecified atom stereocenters. The Morgan fingerprint density at radius 3 is 2.54 bits per heavy atom. The minimum Gasteiger partial charge on any atom is -0.342 e. The van der Waals surface area contributed by atoms with Crippen LogP contribution in [0.5, 0.6) is 0 Å². The van der Waals surface area contributed by atoms with Crippen LogP contribution in [-0.2, 0) is 4.79 Å². The highest BCUT2D eigenvalue weighted by molar-refractivity contribution is 7.99. The molecule has 0 aliphatic carbocycles. The highest BCUT2D eigenvalue weighted by Gasteiger charge is 2.20. The fraction of sp³-hybridized carbons (Fsp3) is 0.250. The van der Waals surface area contributed by atoms with E-state index >= 15 is 0 Å². The van der Waals surface area contributed by atoms with Gasteiger partial charge >= 0.3 is 0 Å². The number of benzene rings is 2. The number of para-hydroxylation sites is 3. The molecule has 1 aliphatic heterocycles. The summed E-state index contributed by atoms with van der Waals surface area (Å²) in [6, 6.07) is 16.1. The van der Waals surface area contributed by atoms with Crippen molar-refractivity contribution in [2.75, 3.05) is 18.8 Å². The van der Waals surface area contributed by atoms with Gasteiger partial charge in [-0.2, -0.15) is 0 Å². The summed E-state index contributed by atoms with van der Waals surface area (Å²) in [5, 5.41) is 1.85. The van der Waals surface area contributed by atoms with Gasteiger partial charge in [0.15, 0.2) is 5.16 Å². The molecule has 4 aromatic rings. The first-order valence-corrected chi connectivity index (χ1v) is 9.86. The molecular weight excluding hydrogens is 344 g/mol. The number of carbonyl (C=O) groups excluding carboxylic acids is 1. The molecule has 2 aromatic heterocycles. The highest BCUT2D eigenvalue weighted by Crippen LogP contribution is 2.29. The number of carbonyl (C=O) groups is 1. The highest BCUT2D eigenvalue weighted by atomic mass is 32.2. The number of hydrogen-bond donors (Lipinski definition) is 0. The maximum atomic E-state index is 12.5. The van der Waals surface area contributed by atoms with E-state index in [2.05, 4.69) is 10.5 Å². The summed E-state index contributed by atoms with van der Waals surface area (Å²) >= 11 is 1.50. The average molecular weight is 362 g/mol. The number of nitrogens with zero attached hydrogens (tertiary/aromatic N) is 4. The standard InChI is InChI=1S/C20H18N4OS/c25-18(23-11-5-6-12-23)13-26-20-22-15-8-2-1-7-14(15)19-21-16-9-3-4-10-17(16)24(19)20/h1-4,7-10H,5-6,11-13H2. The molecule has 130 valence electrons. The van der Waals surface area contributed by atoms with E-state index in [9.17, 15) is 4.79 Å². The Hall–Kier alpha value is -2.60. The number of fused-ring (bicyclic) bond motifs is 5. The maximum absolute atomic E-state index is 12.5. The van der Waals surface area contributed by atoms with Gasteiger partial charge in [-0.15, -0.1) is 0 Å². The molecule has 0 bridgehead atoms. The number of rotatable bonds is 3. The van der Waals surface area contributed by atoms with Crippen LogP contribution in [0.15, 0.2) is 53.7 Å². The van der Waals surface area contributed by atoms with Crippen molar-refractivity contribution in [3.05, 3.63) is 48.5 Å². The number of thioether (sulfide) groups is 1. The molecule has 5 rings (SSSR count). The van der Waals surface area contributed by atoms with Gasteiger partial charge in [0.25, 0.3) is 0 Å². The van der Waals surface area contributed by atoms with Gasteiger partial charge < -0.3 is 4.90 Å². The van der Waals surface area contributed by atoms with E-state index in [-0.39, 0.29) is 5.91 Å². The second-order valence-electron chi connectivity index (χ2n) is 6.55. The van der Waals surface area contributed by atoms with Crippen molar-refractivity contribution in [3.8, 4) is 0 Å². The predicted octanol–water partition coefficient (Wildman–Crippen LogP) is 3.75. The molecule has 0 saturated carbocycles. The largest absolute Gasteiger partial charge is 0.342 e. The molecule has 0 spiro atoms. The van der Waals surface area contributed by atoms with Gasteiger partial charge in [0, 0.05) is 18.5 Å². The third kappa shape index (κ3) is 2.52. The van der Waals surface area contributed by atoms with E-state index in [1.807, 2.05) is 47.4 Å². The van der Waals surface area contributed by atoms with Crippen molar-refractivity contribution >= 4 is 45.3 Å². The van der Waals surface area contributed by atoms with Crippen molar-refractivity contribution in [2.24, 2.45) is 0 Å². The lowest BCUT2D eigenvalue weighted by Gasteiger charge is -2.15. The minimum atomic E-state index is 0.194. The predicted molar refractivity (Wildman–Crippen MR) is 105 cm³/mol. The summed E-state index contributed by atoms with van der Waals surface area (Å²) in [5.74, 6) is 0.604. The molecule has 2 aromatic carbocycles. The second kappa shape index (κ2) is 6.29. The van der Waals surface area contributed by atoms with Gasteiger partial charge in [-0.3, -0.25) is 9.20 Å². The van der Waals surface area contributed by atoms with Crippen LogP contribution < -0.4 is 0 Å². The van der Waals surface area contributed by atoms with Crippen LogP contribution in [0.3, 0.4) is 0 Å². The Morgan fingerprint density at radius 1 is 0.962 bits per heavy atom. The Morgan fingerprint density at radius 2 is 1.69 bits per heavy atom. The van der Waals surface area contributed by atoms with Crippen molar-refractivity contribution in [1.82, 2.24) is 19.3 Å². The van der Waals surface area contributed by atoms with Gasteiger partial charge in [0.2, 0.25) is 5.91 Å². The normalized spacial score (nSPS) is 14.7. The molecule has 1 aliphatic rings. The number of imidazole rings is 1. The van der Waals surface area contributed by atoms with E-state index in [1.54, 1.807) is 0 Å². The molecule has 0 atom stereocenters. The third-order valence-corrected chi connectivity index (χ3v) is 5.82. The molecule has 1 fully saturated rings. The summed E-state index contributed by atoms with van der Waals surface area (Å²) in [6.45, 7) is 1.77. The van der Waals surface area contributed by atoms with Gasteiger partial charge in [-0.05, 0) is 37.1 Å². The Bertz CT molecular complexity index is 1130. The molecule has 6 heteroatoms. The third-order valence-electron chi connectivity index (χ3n) is 4.90. The lowest BCUT2D eigenvalue weighted by Crippen LogP contribution is -2.29. The van der Waals surface area contributed by atoms with Crippen LogP contribution in [0, 0.1) is 0 Å². The fourth-order valence-corrected chi connectivity index (χ4v) is 4.51. The lowest BCUT2D eigenvalue weighted by atomic mass is 10.2. The quantitative estimate of drug-likeness (QED) is 0.411. The van der Waals surface area contributed by atoms with E-state index in [1.165, 1.54) is 11.8 Å².